The standard InChI is InChI=1S/C21H28ClN5O2S/c1-13(2)12-23-20(29)24-19(28)14(3)30-21-26-25-18(16-10-6-7-11-17(16)22)27(21)15-8-4-5-9-15/h6-7,10-11,13-15H,4-5,8-9,12H2,1-3H3,(H2,23,24,28,29). The zero-order valence-electron chi connectivity index (χ0n) is 17.5. The number of amides is 3. The Morgan fingerprint density at radius 3 is 2.57 bits per heavy atom. The average Bonchev–Trinajstić information content (AvgIpc) is 3.36. The number of rotatable bonds is 7. The van der Waals surface area contributed by atoms with Gasteiger partial charge >= 0.3 is 6.03 Å². The van der Waals surface area contributed by atoms with E-state index in [9.17, 15) is 9.59 Å². The van der Waals surface area contributed by atoms with Crippen LogP contribution in [0.15, 0.2) is 29.4 Å². The minimum absolute atomic E-state index is 0.276. The number of aromatic nitrogens is 3. The first-order valence-electron chi connectivity index (χ1n) is 10.3. The van der Waals surface area contributed by atoms with E-state index in [1.807, 2.05) is 38.1 Å². The SMILES string of the molecule is CC(C)CNC(=O)NC(=O)C(C)Sc1nnc(-c2ccccc2Cl)n1C1CCCC1. The van der Waals surface area contributed by atoms with E-state index >= 15 is 0 Å². The van der Waals surface area contributed by atoms with Crippen molar-refractivity contribution >= 4 is 35.3 Å². The van der Waals surface area contributed by atoms with Crippen molar-refractivity contribution in [2.24, 2.45) is 5.92 Å². The first-order chi connectivity index (χ1) is 14.4. The van der Waals surface area contributed by atoms with Crippen molar-refractivity contribution in [3.05, 3.63) is 29.3 Å². The van der Waals surface area contributed by atoms with Gasteiger partial charge in [0.15, 0.2) is 11.0 Å². The average molecular weight is 450 g/mol. The summed E-state index contributed by atoms with van der Waals surface area (Å²) in [7, 11) is 0. The zero-order valence-corrected chi connectivity index (χ0v) is 19.1. The van der Waals surface area contributed by atoms with Crippen LogP contribution in [-0.4, -0.2) is 38.5 Å². The van der Waals surface area contributed by atoms with Gasteiger partial charge in [0.25, 0.3) is 0 Å². The molecular weight excluding hydrogens is 422 g/mol. The molecule has 1 aromatic heterocycles. The van der Waals surface area contributed by atoms with Crippen LogP contribution < -0.4 is 10.6 Å². The highest BCUT2D eigenvalue weighted by atomic mass is 35.5. The van der Waals surface area contributed by atoms with Crippen LogP contribution in [0.3, 0.4) is 0 Å². The number of thioether (sulfide) groups is 1. The van der Waals surface area contributed by atoms with Crippen molar-refractivity contribution in [2.45, 2.75) is 62.9 Å². The smallest absolute Gasteiger partial charge is 0.321 e. The number of nitrogens with one attached hydrogen (secondary N) is 2. The molecule has 30 heavy (non-hydrogen) atoms. The van der Waals surface area contributed by atoms with E-state index in [4.69, 9.17) is 11.6 Å². The molecule has 0 aliphatic heterocycles. The summed E-state index contributed by atoms with van der Waals surface area (Å²) in [5.41, 5.74) is 0.829. The summed E-state index contributed by atoms with van der Waals surface area (Å²) in [6, 6.07) is 7.38. The Morgan fingerprint density at radius 2 is 1.90 bits per heavy atom. The van der Waals surface area contributed by atoms with Crippen molar-refractivity contribution in [1.29, 1.82) is 0 Å². The molecule has 1 atom stereocenters. The summed E-state index contributed by atoms with van der Waals surface area (Å²) >= 11 is 7.72. The Labute approximate surface area is 186 Å². The summed E-state index contributed by atoms with van der Waals surface area (Å²) in [5.74, 6) is 0.671. The molecule has 1 saturated carbocycles. The van der Waals surface area contributed by atoms with E-state index in [0.29, 0.717) is 22.6 Å². The van der Waals surface area contributed by atoms with Crippen LogP contribution in [0.4, 0.5) is 4.79 Å². The number of imide groups is 1. The van der Waals surface area contributed by atoms with Crippen molar-refractivity contribution < 1.29 is 9.59 Å². The second kappa shape index (κ2) is 10.3. The predicted molar refractivity (Wildman–Crippen MR) is 120 cm³/mol. The summed E-state index contributed by atoms with van der Waals surface area (Å²) in [6.45, 7) is 6.26. The minimum Gasteiger partial charge on any atom is -0.338 e. The number of hydrogen-bond acceptors (Lipinski definition) is 5. The molecule has 0 spiro atoms. The van der Waals surface area contributed by atoms with Gasteiger partial charge in [-0.25, -0.2) is 4.79 Å². The molecule has 1 aromatic carbocycles. The maximum atomic E-state index is 12.5. The van der Waals surface area contributed by atoms with Gasteiger partial charge in [0.2, 0.25) is 5.91 Å². The highest BCUT2D eigenvalue weighted by Crippen LogP contribution is 2.38. The van der Waals surface area contributed by atoms with Gasteiger partial charge in [-0.3, -0.25) is 14.7 Å². The van der Waals surface area contributed by atoms with Gasteiger partial charge in [-0.05, 0) is 37.8 Å². The lowest BCUT2D eigenvalue weighted by atomic mass is 10.2. The highest BCUT2D eigenvalue weighted by molar-refractivity contribution is 8.00. The van der Waals surface area contributed by atoms with Crippen LogP contribution in [0, 0.1) is 5.92 Å². The van der Waals surface area contributed by atoms with Crippen LogP contribution in [0.25, 0.3) is 11.4 Å². The van der Waals surface area contributed by atoms with Crippen LogP contribution in [0.5, 0.6) is 0 Å². The van der Waals surface area contributed by atoms with Crippen LogP contribution in [0.2, 0.25) is 5.02 Å². The quantitative estimate of drug-likeness (QED) is 0.599. The Bertz CT molecular complexity index is 895. The first kappa shape index (κ1) is 22.6. The third-order valence-electron chi connectivity index (χ3n) is 5.03. The number of nitrogens with zero attached hydrogens (tertiary/aromatic N) is 3. The molecule has 7 nitrogen and oxygen atoms in total. The van der Waals surface area contributed by atoms with Gasteiger partial charge in [0.05, 0.1) is 10.3 Å². The molecule has 1 aliphatic carbocycles. The Kier molecular flexibility index (Phi) is 7.77. The van der Waals surface area contributed by atoms with Crippen LogP contribution in [0.1, 0.15) is 52.5 Å². The molecule has 1 fully saturated rings. The van der Waals surface area contributed by atoms with Gasteiger partial charge in [-0.15, -0.1) is 10.2 Å². The maximum absolute atomic E-state index is 12.5. The predicted octanol–water partition coefficient (Wildman–Crippen LogP) is 4.68. The first-order valence-corrected chi connectivity index (χ1v) is 11.6. The lowest BCUT2D eigenvalue weighted by molar-refractivity contribution is -0.119. The van der Waals surface area contributed by atoms with E-state index in [0.717, 1.165) is 37.1 Å². The van der Waals surface area contributed by atoms with Gasteiger partial charge in [0, 0.05) is 18.2 Å². The number of benzene rings is 1. The second-order valence-corrected chi connectivity index (χ2v) is 9.66. The van der Waals surface area contributed by atoms with Gasteiger partial charge < -0.3 is 5.32 Å². The number of carbonyl (C=O) groups is 2. The normalized spacial score (nSPS) is 15.4. The monoisotopic (exact) mass is 449 g/mol. The summed E-state index contributed by atoms with van der Waals surface area (Å²) in [6.07, 6.45) is 4.39. The molecule has 1 aliphatic rings. The zero-order chi connectivity index (χ0) is 21.7. The fraction of sp³-hybridized carbons (Fsp3) is 0.524. The molecule has 3 amide bonds. The summed E-state index contributed by atoms with van der Waals surface area (Å²) in [4.78, 5) is 24.4. The van der Waals surface area contributed by atoms with E-state index < -0.39 is 11.3 Å². The number of urea groups is 1. The molecule has 2 aromatic rings. The van der Waals surface area contributed by atoms with Gasteiger partial charge in [-0.2, -0.15) is 0 Å². The molecule has 0 saturated heterocycles. The molecule has 162 valence electrons. The summed E-state index contributed by atoms with van der Waals surface area (Å²) in [5, 5.41) is 14.7. The van der Waals surface area contributed by atoms with E-state index in [2.05, 4.69) is 25.4 Å². The van der Waals surface area contributed by atoms with E-state index in [1.165, 1.54) is 11.8 Å². The van der Waals surface area contributed by atoms with Crippen molar-refractivity contribution in [3.8, 4) is 11.4 Å². The fourth-order valence-corrected chi connectivity index (χ4v) is 4.58. The summed E-state index contributed by atoms with van der Waals surface area (Å²) < 4.78 is 2.11. The Balaban J connectivity index is 1.78. The maximum Gasteiger partial charge on any atom is 0.321 e. The number of carbonyl (C=O) groups excluding carboxylic acids is 2. The number of hydrogen-bond donors (Lipinski definition) is 2. The molecular formula is C21H28ClN5O2S. The van der Waals surface area contributed by atoms with Gasteiger partial charge in [-0.1, -0.05) is 62.2 Å². The molecule has 3 rings (SSSR count). The molecule has 1 unspecified atom stereocenters. The number of halogens is 1. The topological polar surface area (TPSA) is 88.9 Å². The minimum atomic E-state index is -0.502. The van der Waals surface area contributed by atoms with Crippen molar-refractivity contribution in [3.63, 3.8) is 0 Å². The lowest BCUT2D eigenvalue weighted by Crippen LogP contribution is -2.43. The van der Waals surface area contributed by atoms with E-state index in [1.54, 1.807) is 6.92 Å². The van der Waals surface area contributed by atoms with Crippen molar-refractivity contribution in [2.75, 3.05) is 6.54 Å². The second-order valence-electron chi connectivity index (χ2n) is 7.95. The third-order valence-corrected chi connectivity index (χ3v) is 6.41. The largest absolute Gasteiger partial charge is 0.338 e. The molecule has 0 bridgehead atoms. The van der Waals surface area contributed by atoms with Crippen molar-refractivity contribution in [1.82, 2.24) is 25.4 Å². The van der Waals surface area contributed by atoms with Crippen LogP contribution >= 0.6 is 23.4 Å². The lowest BCUT2D eigenvalue weighted by Gasteiger charge is -2.19. The van der Waals surface area contributed by atoms with E-state index in [-0.39, 0.29) is 11.9 Å². The molecule has 0 radical (unpaired) electrons. The molecule has 2 N–H and O–H groups in total. The molecule has 9 heteroatoms. The Hall–Kier alpha value is -2.06. The third kappa shape index (κ3) is 5.55. The molecule has 1 heterocycles. The van der Waals surface area contributed by atoms with Crippen LogP contribution in [-0.2, 0) is 4.79 Å². The fourth-order valence-electron chi connectivity index (χ4n) is 3.44. The highest BCUT2D eigenvalue weighted by Gasteiger charge is 2.28. The Morgan fingerprint density at radius 1 is 1.20 bits per heavy atom. The van der Waals surface area contributed by atoms with Gasteiger partial charge in [0.1, 0.15) is 0 Å².